The summed E-state index contributed by atoms with van der Waals surface area (Å²) in [6.07, 6.45) is 0.851. The third-order valence-corrected chi connectivity index (χ3v) is 6.15. The first kappa shape index (κ1) is 17.1. The van der Waals surface area contributed by atoms with Gasteiger partial charge >= 0.3 is 0 Å². The summed E-state index contributed by atoms with van der Waals surface area (Å²) in [5.41, 5.74) is 1.87. The molecule has 1 unspecified atom stereocenters. The Balaban J connectivity index is 1.81. The molecule has 0 saturated carbocycles. The van der Waals surface area contributed by atoms with Crippen molar-refractivity contribution in [3.05, 3.63) is 28.8 Å². The smallest absolute Gasteiger partial charge is 0.224 e. The van der Waals surface area contributed by atoms with Gasteiger partial charge in [0.1, 0.15) is 0 Å². The minimum absolute atomic E-state index is 0.0483. The lowest BCUT2D eigenvalue weighted by atomic mass is 10.2. The van der Waals surface area contributed by atoms with Gasteiger partial charge < -0.3 is 10.2 Å². The van der Waals surface area contributed by atoms with Crippen LogP contribution in [0.25, 0.3) is 0 Å². The van der Waals surface area contributed by atoms with E-state index >= 15 is 0 Å². The molecule has 0 radical (unpaired) electrons. The van der Waals surface area contributed by atoms with E-state index in [4.69, 9.17) is 11.6 Å². The Morgan fingerprint density at radius 3 is 2.77 bits per heavy atom. The minimum atomic E-state index is -2.97. The highest BCUT2D eigenvalue weighted by Gasteiger charge is 2.32. The number of hydrogen-bond donors (Lipinski definition) is 1. The molecule has 0 bridgehead atoms. The number of benzene rings is 1. The number of halogens is 1. The molecular weight excluding hydrogens is 324 g/mol. The number of rotatable bonds is 5. The second kappa shape index (κ2) is 6.87. The van der Waals surface area contributed by atoms with E-state index in [0.29, 0.717) is 24.4 Å². The minimum Gasteiger partial charge on any atom is -0.384 e. The number of amides is 1. The molecule has 7 heteroatoms. The number of carbonyl (C=O) groups is 1. The van der Waals surface area contributed by atoms with E-state index in [-0.39, 0.29) is 23.5 Å². The van der Waals surface area contributed by atoms with Crippen molar-refractivity contribution in [1.82, 2.24) is 4.90 Å². The van der Waals surface area contributed by atoms with E-state index in [1.54, 1.807) is 11.9 Å². The molecule has 1 atom stereocenters. The van der Waals surface area contributed by atoms with Gasteiger partial charge in [0.15, 0.2) is 9.84 Å². The monoisotopic (exact) mass is 344 g/mol. The molecule has 1 saturated heterocycles. The molecule has 1 amide bonds. The molecule has 122 valence electrons. The predicted octanol–water partition coefficient (Wildman–Crippen LogP) is 2.10. The number of sulfone groups is 1. The van der Waals surface area contributed by atoms with E-state index in [2.05, 4.69) is 5.32 Å². The lowest BCUT2D eigenvalue weighted by molar-refractivity contribution is -0.131. The number of nitrogens with one attached hydrogen (secondary N) is 1. The molecule has 1 aromatic rings. The lowest BCUT2D eigenvalue weighted by Crippen LogP contribution is -2.38. The van der Waals surface area contributed by atoms with Crippen LogP contribution in [-0.4, -0.2) is 50.4 Å². The molecule has 0 aromatic heterocycles. The number of aryl methyl sites for hydroxylation is 1. The normalized spacial score (nSPS) is 19.9. The van der Waals surface area contributed by atoms with Gasteiger partial charge in [0.25, 0.3) is 0 Å². The second-order valence-electron chi connectivity index (χ2n) is 5.70. The van der Waals surface area contributed by atoms with Crippen molar-refractivity contribution in [2.45, 2.75) is 25.8 Å². The van der Waals surface area contributed by atoms with Crippen LogP contribution in [0.15, 0.2) is 18.2 Å². The van der Waals surface area contributed by atoms with Crippen molar-refractivity contribution >= 4 is 33.0 Å². The molecule has 1 aliphatic heterocycles. The summed E-state index contributed by atoms with van der Waals surface area (Å²) < 4.78 is 22.9. The molecule has 1 N–H and O–H groups in total. The fourth-order valence-electron chi connectivity index (χ4n) is 2.48. The van der Waals surface area contributed by atoms with Gasteiger partial charge in [0.2, 0.25) is 5.91 Å². The third-order valence-electron chi connectivity index (χ3n) is 3.99. The Hall–Kier alpha value is -1.27. The maximum absolute atomic E-state index is 12.1. The van der Waals surface area contributed by atoms with Gasteiger partial charge in [-0.05, 0) is 31.0 Å². The van der Waals surface area contributed by atoms with Crippen molar-refractivity contribution in [2.24, 2.45) is 0 Å². The van der Waals surface area contributed by atoms with Gasteiger partial charge in [0.05, 0.1) is 11.5 Å². The Bertz CT molecular complexity index is 661. The molecule has 22 heavy (non-hydrogen) atoms. The maximum atomic E-state index is 12.1. The quantitative estimate of drug-likeness (QED) is 0.888. The molecule has 1 fully saturated rings. The zero-order valence-electron chi connectivity index (χ0n) is 12.8. The summed E-state index contributed by atoms with van der Waals surface area (Å²) in [7, 11) is -1.29. The average Bonchev–Trinajstić information content (AvgIpc) is 2.82. The van der Waals surface area contributed by atoms with Crippen molar-refractivity contribution in [3.63, 3.8) is 0 Å². The van der Waals surface area contributed by atoms with Crippen molar-refractivity contribution < 1.29 is 13.2 Å². The lowest BCUT2D eigenvalue weighted by Gasteiger charge is -2.23. The number of carbonyl (C=O) groups excluding carboxylic acids is 1. The molecule has 0 spiro atoms. The van der Waals surface area contributed by atoms with E-state index < -0.39 is 9.84 Å². The van der Waals surface area contributed by atoms with Crippen molar-refractivity contribution in [2.75, 3.05) is 30.4 Å². The second-order valence-corrected chi connectivity index (χ2v) is 8.34. The van der Waals surface area contributed by atoms with Gasteiger partial charge in [-0.2, -0.15) is 0 Å². The summed E-state index contributed by atoms with van der Waals surface area (Å²) in [5, 5.41) is 3.84. The number of hydrogen-bond acceptors (Lipinski definition) is 4. The highest BCUT2D eigenvalue weighted by molar-refractivity contribution is 7.91. The fraction of sp³-hybridized carbons (Fsp3) is 0.533. The predicted molar refractivity (Wildman–Crippen MR) is 89.1 cm³/mol. The highest BCUT2D eigenvalue weighted by atomic mass is 35.5. The Labute approximate surface area is 136 Å². The largest absolute Gasteiger partial charge is 0.384 e. The SMILES string of the molecule is Cc1ccc(NCCC(=O)N(C)C2CCS(=O)(=O)C2)cc1Cl. The Kier molecular flexibility index (Phi) is 5.34. The third kappa shape index (κ3) is 4.36. The summed E-state index contributed by atoms with van der Waals surface area (Å²) in [4.78, 5) is 13.7. The van der Waals surface area contributed by atoms with Crippen LogP contribution in [0.4, 0.5) is 5.69 Å². The highest BCUT2D eigenvalue weighted by Crippen LogP contribution is 2.20. The molecule has 1 aliphatic rings. The summed E-state index contributed by atoms with van der Waals surface area (Å²) >= 11 is 6.05. The molecule has 5 nitrogen and oxygen atoms in total. The first-order chi connectivity index (χ1) is 10.3. The topological polar surface area (TPSA) is 66.5 Å². The standard InChI is InChI=1S/C15H21ClN2O3S/c1-11-3-4-12(9-14(11)16)17-7-5-15(19)18(2)13-6-8-22(20,21)10-13/h3-4,9,13,17H,5-8,10H2,1-2H3. The van der Waals surface area contributed by atoms with Gasteiger partial charge in [-0.15, -0.1) is 0 Å². The van der Waals surface area contributed by atoms with Crippen LogP contribution in [0.3, 0.4) is 0 Å². The molecule has 0 aliphatic carbocycles. The van der Waals surface area contributed by atoms with Crippen LogP contribution < -0.4 is 5.32 Å². The number of nitrogens with zero attached hydrogens (tertiary/aromatic N) is 1. The van der Waals surface area contributed by atoms with Crippen LogP contribution in [0, 0.1) is 6.92 Å². The zero-order chi connectivity index (χ0) is 16.3. The van der Waals surface area contributed by atoms with E-state index in [1.807, 2.05) is 25.1 Å². The van der Waals surface area contributed by atoms with E-state index in [1.165, 1.54) is 0 Å². The van der Waals surface area contributed by atoms with Crippen LogP contribution >= 0.6 is 11.6 Å². The van der Waals surface area contributed by atoms with Crippen molar-refractivity contribution in [1.29, 1.82) is 0 Å². The molecule has 1 aromatic carbocycles. The zero-order valence-corrected chi connectivity index (χ0v) is 14.4. The fourth-order valence-corrected chi connectivity index (χ4v) is 4.43. The van der Waals surface area contributed by atoms with Gasteiger partial charge in [-0.25, -0.2) is 8.42 Å². The Morgan fingerprint density at radius 1 is 1.45 bits per heavy atom. The molecule has 1 heterocycles. The van der Waals surface area contributed by atoms with Gasteiger partial charge in [-0.3, -0.25) is 4.79 Å². The van der Waals surface area contributed by atoms with Gasteiger partial charge in [-0.1, -0.05) is 17.7 Å². The maximum Gasteiger partial charge on any atom is 0.224 e. The van der Waals surface area contributed by atoms with E-state index in [9.17, 15) is 13.2 Å². The summed E-state index contributed by atoms with van der Waals surface area (Å²) in [5.74, 6) is 0.207. The van der Waals surface area contributed by atoms with Gasteiger partial charge in [0, 0.05) is 36.8 Å². The van der Waals surface area contributed by atoms with E-state index in [0.717, 1.165) is 11.3 Å². The summed E-state index contributed by atoms with van der Waals surface area (Å²) in [6.45, 7) is 2.42. The summed E-state index contributed by atoms with van der Waals surface area (Å²) in [6, 6.07) is 5.47. The average molecular weight is 345 g/mol. The first-order valence-corrected chi connectivity index (χ1v) is 9.44. The molecular formula is C15H21ClN2O3S. The van der Waals surface area contributed by atoms with Crippen LogP contribution in [0.2, 0.25) is 5.02 Å². The van der Waals surface area contributed by atoms with Crippen LogP contribution in [-0.2, 0) is 14.6 Å². The van der Waals surface area contributed by atoms with Crippen LogP contribution in [0.5, 0.6) is 0 Å². The first-order valence-electron chi connectivity index (χ1n) is 7.24. The van der Waals surface area contributed by atoms with Crippen LogP contribution in [0.1, 0.15) is 18.4 Å². The Morgan fingerprint density at radius 2 is 2.18 bits per heavy atom. The molecule has 2 rings (SSSR count). The number of anilines is 1. The van der Waals surface area contributed by atoms with Crippen molar-refractivity contribution in [3.8, 4) is 0 Å².